The van der Waals surface area contributed by atoms with Gasteiger partial charge in [0.25, 0.3) is 0 Å². The highest BCUT2D eigenvalue weighted by atomic mass is 16.6. The summed E-state index contributed by atoms with van der Waals surface area (Å²) in [6.07, 6.45) is 0.409. The van der Waals surface area contributed by atoms with Crippen molar-refractivity contribution < 1.29 is 28.6 Å². The summed E-state index contributed by atoms with van der Waals surface area (Å²) in [6, 6.07) is 15.4. The van der Waals surface area contributed by atoms with Gasteiger partial charge in [0.05, 0.1) is 6.61 Å². The highest BCUT2D eigenvalue weighted by molar-refractivity contribution is 5.82. The van der Waals surface area contributed by atoms with Gasteiger partial charge in [-0.25, -0.2) is 14.4 Å². The number of amides is 2. The Morgan fingerprint density at radius 2 is 1.50 bits per heavy atom. The zero-order valence-corrected chi connectivity index (χ0v) is 21.5. The van der Waals surface area contributed by atoms with Gasteiger partial charge in [-0.3, -0.25) is 0 Å². The first-order chi connectivity index (χ1) is 17.2. The lowest BCUT2D eigenvalue weighted by molar-refractivity contribution is -0.145. The van der Waals surface area contributed by atoms with Crippen molar-refractivity contribution in [2.45, 2.75) is 64.5 Å². The number of hydrogen-bond donors (Lipinski definition) is 2. The Bertz CT molecular complexity index is 1020. The third kappa shape index (κ3) is 7.47. The van der Waals surface area contributed by atoms with Crippen molar-refractivity contribution in [3.8, 4) is 11.1 Å². The molecule has 0 heterocycles. The summed E-state index contributed by atoms with van der Waals surface area (Å²) in [5.74, 6) is -0.575. The third-order valence-corrected chi connectivity index (χ3v) is 5.79. The van der Waals surface area contributed by atoms with Crippen LogP contribution in [0.15, 0.2) is 48.5 Å². The Kier molecular flexibility index (Phi) is 9.33. The summed E-state index contributed by atoms with van der Waals surface area (Å²) in [6.45, 7) is 7.88. The van der Waals surface area contributed by atoms with E-state index in [-0.39, 0.29) is 19.1 Å². The van der Waals surface area contributed by atoms with Crippen LogP contribution in [0.5, 0.6) is 0 Å². The molecule has 1 atom stereocenters. The van der Waals surface area contributed by atoms with Crippen molar-refractivity contribution in [1.29, 1.82) is 0 Å². The van der Waals surface area contributed by atoms with E-state index in [0.29, 0.717) is 25.8 Å². The number of alkyl carbamates (subject to hydrolysis) is 2. The molecule has 2 aromatic carbocycles. The van der Waals surface area contributed by atoms with Gasteiger partial charge in [-0.1, -0.05) is 48.5 Å². The zero-order valence-electron chi connectivity index (χ0n) is 21.5. The van der Waals surface area contributed by atoms with Crippen LogP contribution in [0, 0.1) is 0 Å². The van der Waals surface area contributed by atoms with Gasteiger partial charge < -0.3 is 24.8 Å². The second-order valence-corrected chi connectivity index (χ2v) is 9.70. The van der Waals surface area contributed by atoms with Crippen LogP contribution in [-0.4, -0.2) is 49.6 Å². The van der Waals surface area contributed by atoms with Crippen LogP contribution in [-0.2, 0) is 19.0 Å². The summed E-state index contributed by atoms with van der Waals surface area (Å²) in [4.78, 5) is 36.8. The first-order valence-corrected chi connectivity index (χ1v) is 12.4. The molecule has 8 nitrogen and oxygen atoms in total. The minimum Gasteiger partial charge on any atom is -0.464 e. The number of fused-ring (bicyclic) bond motifs is 3. The number of nitrogens with one attached hydrogen (secondary N) is 2. The fraction of sp³-hybridized carbons (Fsp3) is 0.464. The van der Waals surface area contributed by atoms with E-state index in [9.17, 15) is 14.4 Å². The van der Waals surface area contributed by atoms with Gasteiger partial charge in [0.1, 0.15) is 18.2 Å². The number of rotatable bonds is 10. The van der Waals surface area contributed by atoms with Gasteiger partial charge in [0.2, 0.25) is 0 Å². The minimum atomic E-state index is -0.831. The highest BCUT2D eigenvalue weighted by Crippen LogP contribution is 2.44. The summed E-state index contributed by atoms with van der Waals surface area (Å²) in [7, 11) is 0. The molecule has 0 saturated carbocycles. The van der Waals surface area contributed by atoms with Crippen molar-refractivity contribution in [3.63, 3.8) is 0 Å². The van der Waals surface area contributed by atoms with Gasteiger partial charge in [0, 0.05) is 12.5 Å². The van der Waals surface area contributed by atoms with Gasteiger partial charge in [-0.15, -0.1) is 0 Å². The van der Waals surface area contributed by atoms with Crippen molar-refractivity contribution in [2.24, 2.45) is 0 Å². The quantitative estimate of drug-likeness (QED) is 0.268. The van der Waals surface area contributed by atoms with Crippen LogP contribution in [0.3, 0.4) is 0 Å². The molecule has 0 radical (unpaired) electrons. The largest absolute Gasteiger partial charge is 0.464 e. The Morgan fingerprint density at radius 1 is 0.889 bits per heavy atom. The summed E-state index contributed by atoms with van der Waals surface area (Å²) in [5.41, 5.74) is 3.96. The van der Waals surface area contributed by atoms with E-state index in [0.717, 1.165) is 22.3 Å². The predicted octanol–water partition coefficient (Wildman–Crippen LogP) is 5.15. The Balaban J connectivity index is 1.51. The molecule has 0 spiro atoms. The van der Waals surface area contributed by atoms with E-state index in [1.165, 1.54) is 0 Å². The van der Waals surface area contributed by atoms with Crippen LogP contribution in [0.25, 0.3) is 11.1 Å². The van der Waals surface area contributed by atoms with E-state index in [1.807, 2.05) is 36.4 Å². The third-order valence-electron chi connectivity index (χ3n) is 5.79. The number of unbranched alkanes of at least 4 members (excludes halogenated alkanes) is 1. The van der Waals surface area contributed by atoms with E-state index in [1.54, 1.807) is 27.7 Å². The van der Waals surface area contributed by atoms with Crippen LogP contribution in [0.4, 0.5) is 9.59 Å². The monoisotopic (exact) mass is 496 g/mol. The van der Waals surface area contributed by atoms with Gasteiger partial charge in [-0.2, -0.15) is 0 Å². The molecule has 1 aliphatic rings. The van der Waals surface area contributed by atoms with Crippen LogP contribution < -0.4 is 10.6 Å². The summed E-state index contributed by atoms with van der Waals surface area (Å²) >= 11 is 0. The predicted molar refractivity (Wildman–Crippen MR) is 137 cm³/mol. The molecule has 36 heavy (non-hydrogen) atoms. The van der Waals surface area contributed by atoms with E-state index in [4.69, 9.17) is 14.2 Å². The minimum absolute atomic E-state index is 0.0666. The molecular weight excluding hydrogens is 460 g/mol. The summed E-state index contributed by atoms with van der Waals surface area (Å²) in [5, 5.41) is 5.34. The molecule has 1 aliphatic carbocycles. The topological polar surface area (TPSA) is 103 Å². The van der Waals surface area contributed by atoms with Crippen LogP contribution in [0.2, 0.25) is 0 Å². The SMILES string of the molecule is CCOC(=O)[C@H](CCCCNC(=O)OC(C)(C)C)NC(=O)OCC1c2ccccc2-c2ccccc21. The first-order valence-electron chi connectivity index (χ1n) is 12.4. The molecular formula is C28H36N2O6. The smallest absolute Gasteiger partial charge is 0.407 e. The molecule has 2 amide bonds. The molecule has 3 rings (SSSR count). The number of esters is 1. The summed E-state index contributed by atoms with van der Waals surface area (Å²) < 4.78 is 15.9. The molecule has 0 fully saturated rings. The van der Waals surface area contributed by atoms with Gasteiger partial charge in [0.15, 0.2) is 0 Å². The van der Waals surface area contributed by atoms with Crippen LogP contribution in [0.1, 0.15) is 64.0 Å². The molecule has 2 aromatic rings. The lowest BCUT2D eigenvalue weighted by Crippen LogP contribution is -2.42. The van der Waals surface area contributed by atoms with E-state index >= 15 is 0 Å². The molecule has 0 aliphatic heterocycles. The van der Waals surface area contributed by atoms with Gasteiger partial charge in [-0.05, 0) is 69.2 Å². The fourth-order valence-electron chi connectivity index (χ4n) is 4.25. The number of carbonyl (C=O) groups is 3. The average molecular weight is 497 g/mol. The highest BCUT2D eigenvalue weighted by Gasteiger charge is 2.30. The molecule has 194 valence electrons. The van der Waals surface area contributed by atoms with E-state index in [2.05, 4.69) is 22.8 Å². The molecule has 0 bridgehead atoms. The molecule has 8 heteroatoms. The maximum atomic E-state index is 12.6. The van der Waals surface area contributed by atoms with Crippen molar-refractivity contribution in [2.75, 3.05) is 19.8 Å². The first kappa shape index (κ1) is 27.0. The number of benzene rings is 2. The lowest BCUT2D eigenvalue weighted by atomic mass is 9.98. The van der Waals surface area contributed by atoms with E-state index < -0.39 is 29.8 Å². The maximum absolute atomic E-state index is 12.6. The second-order valence-electron chi connectivity index (χ2n) is 9.70. The Labute approximate surface area is 212 Å². The molecule has 2 N–H and O–H groups in total. The zero-order chi connectivity index (χ0) is 26.1. The van der Waals surface area contributed by atoms with Gasteiger partial charge >= 0.3 is 18.2 Å². The molecule has 0 aromatic heterocycles. The molecule has 0 saturated heterocycles. The second kappa shape index (κ2) is 12.4. The standard InChI is InChI=1S/C28H36N2O6/c1-5-34-25(31)24(16-10-11-17-29-26(32)36-28(2,3)4)30-27(33)35-18-23-21-14-8-6-12-19(21)20-13-7-9-15-22(20)23/h6-9,12-15,23-24H,5,10-11,16-18H2,1-4H3,(H,29,32)(H,30,33)/t24-/m0/s1. The van der Waals surface area contributed by atoms with Crippen molar-refractivity contribution in [3.05, 3.63) is 59.7 Å². The fourth-order valence-corrected chi connectivity index (χ4v) is 4.25. The van der Waals surface area contributed by atoms with Crippen molar-refractivity contribution >= 4 is 18.2 Å². The maximum Gasteiger partial charge on any atom is 0.407 e. The lowest BCUT2D eigenvalue weighted by Gasteiger charge is -2.20. The number of hydrogen-bond acceptors (Lipinski definition) is 6. The molecule has 0 unspecified atom stereocenters. The average Bonchev–Trinajstić information content (AvgIpc) is 3.14. The number of carbonyl (C=O) groups excluding carboxylic acids is 3. The van der Waals surface area contributed by atoms with Crippen molar-refractivity contribution in [1.82, 2.24) is 10.6 Å². The number of ether oxygens (including phenoxy) is 3. The normalized spacial score (nSPS) is 13.2. The van der Waals surface area contributed by atoms with Crippen LogP contribution >= 0.6 is 0 Å². The Morgan fingerprint density at radius 3 is 2.08 bits per heavy atom. The Hall–Kier alpha value is -3.55.